The van der Waals surface area contributed by atoms with Gasteiger partial charge >= 0.3 is 0 Å². The first-order valence-electron chi connectivity index (χ1n) is 3.31. The van der Waals surface area contributed by atoms with Gasteiger partial charge in [0.1, 0.15) is 5.82 Å². The van der Waals surface area contributed by atoms with Crippen molar-refractivity contribution in [2.24, 2.45) is 10.7 Å². The van der Waals surface area contributed by atoms with Gasteiger partial charge in [-0.15, -0.1) is 0 Å². The summed E-state index contributed by atoms with van der Waals surface area (Å²) in [5, 5.41) is 2.98. The predicted molar refractivity (Wildman–Crippen MR) is 52.5 cm³/mol. The Kier molecular flexibility index (Phi) is 4.45. The summed E-state index contributed by atoms with van der Waals surface area (Å²) in [6, 6.07) is 0. The molecule has 0 aliphatic carbocycles. The fourth-order valence-corrected chi connectivity index (χ4v) is 0.636. The van der Waals surface area contributed by atoms with Crippen molar-refractivity contribution in [1.82, 2.24) is 5.32 Å². The van der Waals surface area contributed by atoms with Crippen molar-refractivity contribution in [2.75, 3.05) is 0 Å². The van der Waals surface area contributed by atoms with Gasteiger partial charge in [0.2, 0.25) is 0 Å². The number of allylic oxidation sites excluding steroid dienone is 1. The van der Waals surface area contributed by atoms with E-state index in [4.69, 9.17) is 5.73 Å². The molecule has 62 valence electrons. The van der Waals surface area contributed by atoms with Crippen LogP contribution in [0.25, 0.3) is 0 Å². The van der Waals surface area contributed by atoms with Crippen LogP contribution in [-0.2, 0) is 0 Å². The molecule has 0 aliphatic rings. The highest BCUT2D eigenvalue weighted by molar-refractivity contribution is 7.80. The van der Waals surface area contributed by atoms with Crippen molar-refractivity contribution < 1.29 is 0 Å². The van der Waals surface area contributed by atoms with E-state index in [1.54, 1.807) is 0 Å². The summed E-state index contributed by atoms with van der Waals surface area (Å²) >= 11 is 4.65. The third-order valence-electron chi connectivity index (χ3n) is 0.869. The van der Waals surface area contributed by atoms with Crippen LogP contribution < -0.4 is 11.1 Å². The van der Waals surface area contributed by atoms with E-state index >= 15 is 0 Å². The van der Waals surface area contributed by atoms with Gasteiger partial charge in [0, 0.05) is 5.71 Å². The zero-order chi connectivity index (χ0) is 8.85. The monoisotopic (exact) mass is 171 g/mol. The maximum Gasteiger partial charge on any atom is 0.169 e. The van der Waals surface area contributed by atoms with E-state index in [9.17, 15) is 0 Å². The summed E-state index contributed by atoms with van der Waals surface area (Å²) in [7, 11) is 0. The number of aliphatic imine (C=N–C) groups is 1. The molecular weight excluding hydrogens is 158 g/mol. The fourth-order valence-electron chi connectivity index (χ4n) is 0.532. The quantitative estimate of drug-likeness (QED) is 0.484. The molecule has 0 heterocycles. The minimum atomic E-state index is 0.239. The van der Waals surface area contributed by atoms with E-state index in [-0.39, 0.29) is 5.11 Å². The van der Waals surface area contributed by atoms with Gasteiger partial charge in [0.15, 0.2) is 5.11 Å². The first kappa shape index (κ1) is 10.1. The molecule has 0 bridgehead atoms. The molecule has 0 spiro atoms. The van der Waals surface area contributed by atoms with Crippen molar-refractivity contribution in [2.45, 2.75) is 20.8 Å². The van der Waals surface area contributed by atoms with Crippen LogP contribution in [0.5, 0.6) is 0 Å². The molecule has 11 heavy (non-hydrogen) atoms. The topological polar surface area (TPSA) is 50.4 Å². The van der Waals surface area contributed by atoms with E-state index in [0.717, 1.165) is 5.71 Å². The summed E-state index contributed by atoms with van der Waals surface area (Å²) in [6.07, 6.45) is 1.81. The van der Waals surface area contributed by atoms with Crippen molar-refractivity contribution in [3.63, 3.8) is 0 Å². The zero-order valence-electron chi connectivity index (χ0n) is 7.01. The molecule has 0 rings (SSSR count). The molecule has 3 N–H and O–H groups in total. The molecule has 0 saturated heterocycles. The molecule has 0 aromatic rings. The van der Waals surface area contributed by atoms with Crippen LogP contribution in [0, 0.1) is 0 Å². The van der Waals surface area contributed by atoms with Gasteiger partial charge in [0.05, 0.1) is 0 Å². The second kappa shape index (κ2) is 4.85. The van der Waals surface area contributed by atoms with E-state index in [2.05, 4.69) is 22.5 Å². The highest BCUT2D eigenvalue weighted by atomic mass is 32.1. The van der Waals surface area contributed by atoms with Crippen molar-refractivity contribution in [3.8, 4) is 0 Å². The SMILES string of the molecule is C/C=C(\N=C(C)C)NC(N)=S. The maximum atomic E-state index is 5.25. The van der Waals surface area contributed by atoms with Crippen LogP contribution >= 0.6 is 12.2 Å². The van der Waals surface area contributed by atoms with Gasteiger partial charge in [0.25, 0.3) is 0 Å². The third-order valence-corrected chi connectivity index (χ3v) is 0.971. The molecule has 0 aromatic carbocycles. The fraction of sp³-hybridized carbons (Fsp3) is 0.429. The van der Waals surface area contributed by atoms with Crippen LogP contribution in [0.4, 0.5) is 0 Å². The molecule has 0 atom stereocenters. The standard InChI is InChI=1S/C7H13N3S/c1-4-6(9-5(2)3)10-7(8)11/h4H,1-3H3,(H3,8,10,11)/b6-4+. The van der Waals surface area contributed by atoms with Crippen molar-refractivity contribution in [1.29, 1.82) is 0 Å². The van der Waals surface area contributed by atoms with Gasteiger partial charge in [-0.25, -0.2) is 4.99 Å². The van der Waals surface area contributed by atoms with Crippen LogP contribution in [-0.4, -0.2) is 10.8 Å². The summed E-state index contributed by atoms with van der Waals surface area (Å²) in [6.45, 7) is 5.68. The Morgan fingerprint density at radius 2 is 2.09 bits per heavy atom. The van der Waals surface area contributed by atoms with Gasteiger partial charge in [-0.05, 0) is 39.1 Å². The summed E-state index contributed by atoms with van der Waals surface area (Å²) in [5.74, 6) is 0.692. The lowest BCUT2D eigenvalue weighted by molar-refractivity contribution is 1.07. The number of hydrogen-bond donors (Lipinski definition) is 2. The Morgan fingerprint density at radius 3 is 2.36 bits per heavy atom. The molecule has 0 aromatic heterocycles. The molecule has 0 fully saturated rings. The Hall–Kier alpha value is -0.900. The maximum absolute atomic E-state index is 5.25. The number of rotatable bonds is 2. The van der Waals surface area contributed by atoms with Crippen molar-refractivity contribution in [3.05, 3.63) is 11.9 Å². The molecule has 0 saturated carbocycles. The second-order valence-corrected chi connectivity index (χ2v) is 2.66. The summed E-state index contributed by atoms with van der Waals surface area (Å²) < 4.78 is 0. The number of nitrogens with one attached hydrogen (secondary N) is 1. The normalized spacial score (nSPS) is 10.6. The van der Waals surface area contributed by atoms with Crippen LogP contribution in [0.1, 0.15) is 20.8 Å². The second-order valence-electron chi connectivity index (χ2n) is 2.22. The summed E-state index contributed by atoms with van der Waals surface area (Å²) in [5.41, 5.74) is 6.21. The van der Waals surface area contributed by atoms with Crippen LogP contribution in [0.15, 0.2) is 16.9 Å². The highest BCUT2D eigenvalue weighted by Crippen LogP contribution is 1.91. The molecular formula is C7H13N3S. The van der Waals surface area contributed by atoms with Crippen molar-refractivity contribution >= 4 is 23.0 Å². The Bertz CT molecular complexity index is 202. The van der Waals surface area contributed by atoms with Gasteiger partial charge in [-0.2, -0.15) is 0 Å². The van der Waals surface area contributed by atoms with Gasteiger partial charge in [-0.3, -0.25) is 0 Å². The van der Waals surface area contributed by atoms with Crippen LogP contribution in [0.3, 0.4) is 0 Å². The largest absolute Gasteiger partial charge is 0.376 e. The number of thiocarbonyl (C=S) groups is 1. The van der Waals surface area contributed by atoms with Gasteiger partial charge in [-0.1, -0.05) is 0 Å². The Morgan fingerprint density at radius 1 is 1.55 bits per heavy atom. The molecule has 4 heteroatoms. The van der Waals surface area contributed by atoms with E-state index in [0.29, 0.717) is 5.82 Å². The third kappa shape index (κ3) is 5.54. The van der Waals surface area contributed by atoms with Crippen LogP contribution in [0.2, 0.25) is 0 Å². The smallest absolute Gasteiger partial charge is 0.169 e. The number of nitrogens with two attached hydrogens (primary N) is 1. The van der Waals surface area contributed by atoms with E-state index < -0.39 is 0 Å². The lowest BCUT2D eigenvalue weighted by Gasteiger charge is -2.02. The molecule has 0 unspecified atom stereocenters. The molecule has 0 amide bonds. The zero-order valence-corrected chi connectivity index (χ0v) is 7.83. The average molecular weight is 171 g/mol. The Balaban J connectivity index is 4.22. The average Bonchev–Trinajstić information content (AvgIpc) is 1.84. The minimum Gasteiger partial charge on any atom is -0.376 e. The van der Waals surface area contributed by atoms with E-state index in [1.807, 2.05) is 26.8 Å². The Labute approximate surface area is 72.4 Å². The molecule has 0 aliphatic heterocycles. The number of nitrogens with zero attached hydrogens (tertiary/aromatic N) is 1. The minimum absolute atomic E-state index is 0.239. The first-order chi connectivity index (χ1) is 5.06. The highest BCUT2D eigenvalue weighted by Gasteiger charge is 1.91. The molecule has 0 radical (unpaired) electrons. The summed E-state index contributed by atoms with van der Waals surface area (Å²) in [4.78, 5) is 4.13. The number of hydrogen-bond acceptors (Lipinski definition) is 2. The van der Waals surface area contributed by atoms with E-state index in [1.165, 1.54) is 0 Å². The lowest BCUT2D eigenvalue weighted by atomic mass is 10.5. The first-order valence-corrected chi connectivity index (χ1v) is 3.71. The molecule has 3 nitrogen and oxygen atoms in total. The lowest BCUT2D eigenvalue weighted by Crippen LogP contribution is -2.27. The van der Waals surface area contributed by atoms with Gasteiger partial charge < -0.3 is 11.1 Å². The predicted octanol–water partition coefficient (Wildman–Crippen LogP) is 1.16.